The summed E-state index contributed by atoms with van der Waals surface area (Å²) in [6, 6.07) is 5.05. The minimum Gasteiger partial charge on any atom is -0.489 e. The van der Waals surface area contributed by atoms with Crippen LogP contribution in [0.25, 0.3) is 0 Å². The maximum Gasteiger partial charge on any atom is 0.251 e. The molecule has 1 heterocycles. The molecule has 0 bridgehead atoms. The van der Waals surface area contributed by atoms with E-state index in [-0.39, 0.29) is 25.2 Å². The molecule has 1 aliphatic heterocycles. The number of carbonyl (C=O) groups is 1. The number of likely N-dealkylation sites (tertiary alicyclic amines) is 1. The number of amides is 1. The predicted molar refractivity (Wildman–Crippen MR) is 100 cm³/mol. The summed E-state index contributed by atoms with van der Waals surface area (Å²) in [7, 11) is 0. The Hall–Kier alpha value is -1.30. The largest absolute Gasteiger partial charge is 0.489 e. The topological polar surface area (TPSA) is 61.8 Å². The Bertz CT molecular complexity index is 579. The summed E-state index contributed by atoms with van der Waals surface area (Å²) in [6.45, 7) is 10.1. The first kappa shape index (κ1) is 20.0. The predicted octanol–water partition coefficient (Wildman–Crippen LogP) is 2.95. The molecule has 1 amide bonds. The van der Waals surface area contributed by atoms with Crippen LogP contribution in [0.1, 0.15) is 44.0 Å². The summed E-state index contributed by atoms with van der Waals surface area (Å²) in [6.07, 6.45) is 2.11. The summed E-state index contributed by atoms with van der Waals surface area (Å²) in [5.74, 6) is 0.368. The lowest BCUT2D eigenvalue weighted by molar-refractivity contribution is 0.0811. The number of halogens is 1. The Morgan fingerprint density at radius 1 is 1.36 bits per heavy atom. The van der Waals surface area contributed by atoms with Gasteiger partial charge in [-0.3, -0.25) is 4.79 Å². The van der Waals surface area contributed by atoms with Crippen molar-refractivity contribution < 1.29 is 14.6 Å². The number of aliphatic hydroxyl groups is 1. The third-order valence-corrected chi connectivity index (χ3v) is 4.41. The van der Waals surface area contributed by atoms with E-state index in [2.05, 4.69) is 31.0 Å². The van der Waals surface area contributed by atoms with Gasteiger partial charge in [-0.25, -0.2) is 0 Å². The molecule has 5 nitrogen and oxygen atoms in total. The lowest BCUT2D eigenvalue weighted by atomic mass is 9.94. The van der Waals surface area contributed by atoms with Gasteiger partial charge in [0, 0.05) is 31.7 Å². The first-order valence-corrected chi connectivity index (χ1v) is 9.24. The standard InChI is InChI=1S/C19H29ClN2O3/c1-19(2,3)13-22-9-6-15(7-10-22)25-17-5-4-14(12-16(17)20)18(24)21-8-11-23/h4-5,12,15,23H,6-11,13H2,1-3H3,(H,21,24). The van der Waals surface area contributed by atoms with E-state index in [1.54, 1.807) is 18.2 Å². The van der Waals surface area contributed by atoms with E-state index in [0.29, 0.717) is 21.8 Å². The van der Waals surface area contributed by atoms with Crippen molar-refractivity contribution in [3.05, 3.63) is 28.8 Å². The van der Waals surface area contributed by atoms with Crippen LogP contribution in [0.3, 0.4) is 0 Å². The smallest absolute Gasteiger partial charge is 0.251 e. The number of benzene rings is 1. The normalized spacial score (nSPS) is 16.7. The van der Waals surface area contributed by atoms with Crippen LogP contribution in [0.4, 0.5) is 0 Å². The molecule has 6 heteroatoms. The van der Waals surface area contributed by atoms with Gasteiger partial charge in [-0.05, 0) is 36.5 Å². The zero-order valence-electron chi connectivity index (χ0n) is 15.3. The SMILES string of the molecule is CC(C)(C)CN1CCC(Oc2ccc(C(=O)NCCO)cc2Cl)CC1. The van der Waals surface area contributed by atoms with Gasteiger partial charge >= 0.3 is 0 Å². The Balaban J connectivity index is 1.88. The highest BCUT2D eigenvalue weighted by Crippen LogP contribution is 2.29. The van der Waals surface area contributed by atoms with E-state index in [1.165, 1.54) is 0 Å². The fourth-order valence-electron chi connectivity index (χ4n) is 3.04. The molecule has 2 rings (SSSR count). The van der Waals surface area contributed by atoms with E-state index in [4.69, 9.17) is 21.4 Å². The second kappa shape index (κ2) is 8.88. The molecule has 0 unspecified atom stereocenters. The highest BCUT2D eigenvalue weighted by molar-refractivity contribution is 6.32. The number of ether oxygens (including phenoxy) is 1. The minimum atomic E-state index is -0.252. The van der Waals surface area contributed by atoms with Crippen molar-refractivity contribution in [3.8, 4) is 5.75 Å². The van der Waals surface area contributed by atoms with E-state index < -0.39 is 0 Å². The van der Waals surface area contributed by atoms with Gasteiger partial charge in [0.1, 0.15) is 11.9 Å². The van der Waals surface area contributed by atoms with Gasteiger partial charge in [0.05, 0.1) is 11.6 Å². The zero-order chi connectivity index (χ0) is 18.4. The molecular formula is C19H29ClN2O3. The van der Waals surface area contributed by atoms with E-state index in [0.717, 1.165) is 32.5 Å². The van der Waals surface area contributed by atoms with E-state index >= 15 is 0 Å². The molecule has 1 aliphatic rings. The summed E-state index contributed by atoms with van der Waals surface area (Å²) in [4.78, 5) is 14.4. The van der Waals surface area contributed by atoms with Crippen LogP contribution in [0.5, 0.6) is 5.75 Å². The molecule has 0 radical (unpaired) electrons. The van der Waals surface area contributed by atoms with Gasteiger partial charge in [-0.2, -0.15) is 0 Å². The van der Waals surface area contributed by atoms with Crippen LogP contribution in [0.15, 0.2) is 18.2 Å². The monoisotopic (exact) mass is 368 g/mol. The van der Waals surface area contributed by atoms with Crippen molar-refractivity contribution in [2.24, 2.45) is 5.41 Å². The quantitative estimate of drug-likeness (QED) is 0.810. The molecule has 0 atom stereocenters. The first-order chi connectivity index (χ1) is 11.8. The van der Waals surface area contributed by atoms with E-state index in [1.807, 2.05) is 0 Å². The first-order valence-electron chi connectivity index (χ1n) is 8.86. The van der Waals surface area contributed by atoms with Crippen molar-refractivity contribution in [1.29, 1.82) is 0 Å². The van der Waals surface area contributed by atoms with Crippen LogP contribution < -0.4 is 10.1 Å². The molecule has 2 N–H and O–H groups in total. The fraction of sp³-hybridized carbons (Fsp3) is 0.632. The summed E-state index contributed by atoms with van der Waals surface area (Å²) in [5.41, 5.74) is 0.773. The molecule has 1 aromatic rings. The number of rotatable bonds is 6. The number of piperidine rings is 1. The number of hydrogen-bond acceptors (Lipinski definition) is 4. The van der Waals surface area contributed by atoms with Crippen molar-refractivity contribution >= 4 is 17.5 Å². The number of aliphatic hydroxyl groups excluding tert-OH is 1. The summed E-state index contributed by atoms with van der Waals surface area (Å²) >= 11 is 6.28. The maximum absolute atomic E-state index is 11.9. The average Bonchev–Trinajstić information content (AvgIpc) is 2.54. The summed E-state index contributed by atoms with van der Waals surface area (Å²) in [5, 5.41) is 11.8. The lowest BCUT2D eigenvalue weighted by Crippen LogP contribution is -2.42. The Kier molecular flexibility index (Phi) is 7.11. The molecule has 0 saturated carbocycles. The van der Waals surface area contributed by atoms with Gasteiger partial charge in [-0.15, -0.1) is 0 Å². The Labute approximate surface area is 155 Å². The minimum absolute atomic E-state index is 0.0887. The van der Waals surface area contributed by atoms with Crippen molar-refractivity contribution in [2.45, 2.75) is 39.7 Å². The van der Waals surface area contributed by atoms with Crippen LogP contribution in [-0.4, -0.2) is 54.8 Å². The number of hydrogen-bond donors (Lipinski definition) is 2. The van der Waals surface area contributed by atoms with Gasteiger partial charge < -0.3 is 20.1 Å². The second-order valence-corrected chi connectivity index (χ2v) is 8.19. The molecule has 1 fully saturated rings. The Morgan fingerprint density at radius 3 is 2.60 bits per heavy atom. The molecule has 1 aromatic carbocycles. The second-order valence-electron chi connectivity index (χ2n) is 7.78. The zero-order valence-corrected chi connectivity index (χ0v) is 16.1. The van der Waals surface area contributed by atoms with Crippen molar-refractivity contribution in [3.63, 3.8) is 0 Å². The van der Waals surface area contributed by atoms with Crippen LogP contribution in [0, 0.1) is 5.41 Å². The van der Waals surface area contributed by atoms with Gasteiger partial charge in [0.2, 0.25) is 0 Å². The van der Waals surface area contributed by atoms with Crippen LogP contribution in [0.2, 0.25) is 5.02 Å². The van der Waals surface area contributed by atoms with E-state index in [9.17, 15) is 4.79 Å². The molecule has 0 aliphatic carbocycles. The van der Waals surface area contributed by atoms with Gasteiger partial charge in [0.15, 0.2) is 0 Å². The summed E-state index contributed by atoms with van der Waals surface area (Å²) < 4.78 is 6.05. The molecule has 0 aromatic heterocycles. The fourth-order valence-corrected chi connectivity index (χ4v) is 3.27. The number of nitrogens with zero attached hydrogens (tertiary/aromatic N) is 1. The highest BCUT2D eigenvalue weighted by atomic mass is 35.5. The molecule has 140 valence electrons. The van der Waals surface area contributed by atoms with Crippen LogP contribution in [-0.2, 0) is 0 Å². The molecular weight excluding hydrogens is 340 g/mol. The van der Waals surface area contributed by atoms with Gasteiger partial charge in [-0.1, -0.05) is 32.4 Å². The van der Waals surface area contributed by atoms with Gasteiger partial charge in [0.25, 0.3) is 5.91 Å². The molecule has 25 heavy (non-hydrogen) atoms. The lowest BCUT2D eigenvalue weighted by Gasteiger charge is -2.36. The third-order valence-electron chi connectivity index (χ3n) is 4.12. The van der Waals surface area contributed by atoms with Crippen LogP contribution >= 0.6 is 11.6 Å². The molecule has 0 spiro atoms. The highest BCUT2D eigenvalue weighted by Gasteiger charge is 2.24. The molecule has 1 saturated heterocycles. The number of carbonyl (C=O) groups excluding carboxylic acids is 1. The average molecular weight is 369 g/mol. The number of nitrogens with one attached hydrogen (secondary N) is 1. The van der Waals surface area contributed by atoms with Crippen molar-refractivity contribution in [1.82, 2.24) is 10.2 Å². The maximum atomic E-state index is 11.9. The Morgan fingerprint density at radius 2 is 2.04 bits per heavy atom. The van der Waals surface area contributed by atoms with Crippen molar-refractivity contribution in [2.75, 3.05) is 32.8 Å². The third kappa shape index (κ3) is 6.49.